The van der Waals surface area contributed by atoms with Crippen LogP contribution in [0.2, 0.25) is 5.02 Å². The molecule has 0 saturated carbocycles. The lowest BCUT2D eigenvalue weighted by Gasteiger charge is -2.35. The Kier molecular flexibility index (Phi) is 22.3. The first-order chi connectivity index (χ1) is 37.9. The van der Waals surface area contributed by atoms with Gasteiger partial charge < -0.3 is 45.5 Å². The molecule has 0 unspecified atom stereocenters. The number of amides is 4. The summed E-state index contributed by atoms with van der Waals surface area (Å²) in [6, 6.07) is 12.8. The molecule has 1 saturated heterocycles. The monoisotopic (exact) mass is 1140 g/mol. The number of hydrogen-bond acceptors (Lipinski definition) is 16. The van der Waals surface area contributed by atoms with Gasteiger partial charge in [-0.05, 0) is 81.3 Å². The number of aliphatic imine (C=N–C) groups is 1. The second-order valence-corrected chi connectivity index (χ2v) is 23.4. The van der Waals surface area contributed by atoms with Gasteiger partial charge >= 0.3 is 5.97 Å². The fourth-order valence-electron chi connectivity index (χ4n) is 9.49. The summed E-state index contributed by atoms with van der Waals surface area (Å²) in [4.78, 5) is 81.3. The lowest BCUT2D eigenvalue weighted by atomic mass is 9.85. The maximum Gasteiger partial charge on any atom is 0.306 e. The molecule has 1 fully saturated rings. The van der Waals surface area contributed by atoms with Crippen LogP contribution in [0.25, 0.3) is 15.4 Å². The lowest BCUT2D eigenvalue weighted by molar-refractivity contribution is -0.150. The van der Waals surface area contributed by atoms with Crippen LogP contribution < -0.4 is 21.7 Å². The smallest absolute Gasteiger partial charge is 0.306 e. The van der Waals surface area contributed by atoms with E-state index < -0.39 is 41.5 Å². The van der Waals surface area contributed by atoms with E-state index >= 15 is 0 Å². The lowest BCUT2D eigenvalue weighted by Crippen LogP contribution is -2.58. The van der Waals surface area contributed by atoms with Crippen LogP contribution in [0.5, 0.6) is 0 Å². The first-order valence-electron chi connectivity index (χ1n) is 27.1. The number of ether oxygens (including phenoxy) is 4. The van der Waals surface area contributed by atoms with Gasteiger partial charge in [-0.3, -0.25) is 33.5 Å². The number of nitrogens with two attached hydrogens (primary N) is 1. The van der Waals surface area contributed by atoms with E-state index in [1.807, 2.05) is 93.2 Å². The standard InChI is InChI=1S/C57H75ClN10O9S2/c1-35-37(3)79-56-49(35)50(40-18-20-42(58)21-19-40)63-44(53-66-65-38(4)68(53)56)30-46(69)60-23-24-74-25-26-75-27-28-76-33-47(70)64-52(57(5,6)7)55(73)67-32-43(77-48(71)13-11-9-8-10-12-22-59)29-45(67)54(72)61-31-39-14-16-41(17-15-39)51-36(2)62-34-78-51/h14-21,34,43-45,52H,8-13,22-33,59H2,1-7H3,(H,60,69)(H,61,72)(H,64,70)/t43-,44+,45+,52-/m1/s1. The largest absolute Gasteiger partial charge is 0.460 e. The van der Waals surface area contributed by atoms with E-state index in [0.29, 0.717) is 29.6 Å². The molecule has 0 spiro atoms. The number of carbonyl (C=O) groups is 5. The molecule has 2 aliphatic heterocycles. The second-order valence-electron chi connectivity index (χ2n) is 20.9. The predicted octanol–water partition coefficient (Wildman–Crippen LogP) is 7.45. The number of thiazole rings is 1. The van der Waals surface area contributed by atoms with Gasteiger partial charge in [0.05, 0.1) is 67.8 Å². The number of unbranched alkanes of at least 4 members (excludes halogenated alkanes) is 4. The van der Waals surface area contributed by atoms with E-state index in [1.54, 1.807) is 22.7 Å². The first-order valence-corrected chi connectivity index (χ1v) is 29.1. The van der Waals surface area contributed by atoms with Crippen molar-refractivity contribution in [2.45, 2.75) is 131 Å². The Bertz CT molecular complexity index is 2900. The number of esters is 1. The molecule has 4 amide bonds. The van der Waals surface area contributed by atoms with Crippen molar-refractivity contribution in [2.75, 3.05) is 59.3 Å². The predicted molar refractivity (Wildman–Crippen MR) is 306 cm³/mol. The van der Waals surface area contributed by atoms with Gasteiger partial charge in [-0.1, -0.05) is 88.0 Å². The molecule has 426 valence electrons. The third kappa shape index (κ3) is 16.6. The van der Waals surface area contributed by atoms with Crippen LogP contribution in [0, 0.1) is 33.1 Å². The number of aryl methyl sites for hydroxylation is 3. The molecule has 0 aliphatic carbocycles. The van der Waals surface area contributed by atoms with E-state index in [1.165, 1.54) is 4.90 Å². The molecule has 0 radical (unpaired) electrons. The van der Waals surface area contributed by atoms with Crippen LogP contribution >= 0.6 is 34.3 Å². The van der Waals surface area contributed by atoms with Gasteiger partial charge in [0.2, 0.25) is 23.6 Å². The number of nitrogens with zero attached hydrogens (tertiary/aromatic N) is 6. The Hall–Kier alpha value is -5.94. The highest BCUT2D eigenvalue weighted by Crippen LogP contribution is 2.40. The molecule has 2 aliphatic rings. The average Bonchev–Trinajstić information content (AvgIpc) is 4.42. The Morgan fingerprint density at radius 3 is 2.22 bits per heavy atom. The zero-order chi connectivity index (χ0) is 56.6. The number of fused-ring (bicyclic) bond motifs is 3. The number of halogens is 1. The van der Waals surface area contributed by atoms with Gasteiger partial charge in [0.25, 0.3) is 0 Å². The Balaban J connectivity index is 0.837. The van der Waals surface area contributed by atoms with Crippen molar-refractivity contribution in [1.82, 2.24) is 40.6 Å². The minimum absolute atomic E-state index is 0.00186. The van der Waals surface area contributed by atoms with Crippen LogP contribution in [0.1, 0.15) is 123 Å². The minimum Gasteiger partial charge on any atom is -0.460 e. The maximum atomic E-state index is 14.5. The first kappa shape index (κ1) is 60.7. The van der Waals surface area contributed by atoms with E-state index in [-0.39, 0.29) is 96.3 Å². The van der Waals surface area contributed by atoms with E-state index in [0.717, 1.165) is 79.7 Å². The van der Waals surface area contributed by atoms with Gasteiger partial charge in [0.1, 0.15) is 41.7 Å². The fraction of sp³-hybridized carbons (Fsp3) is 0.526. The van der Waals surface area contributed by atoms with Crippen molar-refractivity contribution < 1.29 is 42.9 Å². The Morgan fingerprint density at radius 2 is 1.52 bits per heavy atom. The van der Waals surface area contributed by atoms with Gasteiger partial charge in [-0.15, -0.1) is 32.9 Å². The van der Waals surface area contributed by atoms with E-state index in [4.69, 9.17) is 41.3 Å². The number of likely N-dealkylation sites (tertiary alicyclic amines) is 1. The topological polar surface area (TPSA) is 244 Å². The maximum absolute atomic E-state index is 14.5. The number of aromatic nitrogens is 4. The quantitative estimate of drug-likeness (QED) is 0.0281. The van der Waals surface area contributed by atoms with Crippen molar-refractivity contribution in [3.8, 4) is 15.4 Å². The summed E-state index contributed by atoms with van der Waals surface area (Å²) in [6.07, 6.45) is 4.17. The van der Waals surface area contributed by atoms with E-state index in [9.17, 15) is 24.0 Å². The Morgan fingerprint density at radius 1 is 0.835 bits per heavy atom. The number of nitrogens with one attached hydrogen (secondary N) is 3. The molecule has 22 heteroatoms. The molecule has 79 heavy (non-hydrogen) atoms. The van der Waals surface area contributed by atoms with Crippen LogP contribution in [0.15, 0.2) is 59.0 Å². The molecular formula is C57H75ClN10O9S2. The molecule has 0 bridgehead atoms. The summed E-state index contributed by atoms with van der Waals surface area (Å²) in [6.45, 7) is 15.4. The molecule has 5 heterocycles. The van der Waals surface area contributed by atoms with Gasteiger partial charge in [-0.2, -0.15) is 0 Å². The highest BCUT2D eigenvalue weighted by Gasteiger charge is 2.46. The Labute approximate surface area is 475 Å². The third-order valence-electron chi connectivity index (χ3n) is 13.9. The van der Waals surface area contributed by atoms with Gasteiger partial charge in [-0.25, -0.2) is 4.98 Å². The van der Waals surface area contributed by atoms with E-state index in [2.05, 4.69) is 45.0 Å². The molecular weight excluding hydrogens is 1070 g/mol. The zero-order valence-electron chi connectivity index (χ0n) is 46.4. The molecule has 7 rings (SSSR count). The number of benzene rings is 2. The number of carbonyl (C=O) groups excluding carboxylic acids is 5. The summed E-state index contributed by atoms with van der Waals surface area (Å²) in [5.74, 6) is -0.652. The highest BCUT2D eigenvalue weighted by molar-refractivity contribution is 7.15. The molecule has 3 aromatic heterocycles. The molecule has 2 aromatic carbocycles. The van der Waals surface area contributed by atoms with Gasteiger partial charge in [0, 0.05) is 47.0 Å². The number of hydrogen-bond donors (Lipinski definition) is 4. The average molecular weight is 1140 g/mol. The van der Waals surface area contributed by atoms with Crippen molar-refractivity contribution >= 4 is 69.6 Å². The summed E-state index contributed by atoms with van der Waals surface area (Å²) in [5.41, 5.74) is 13.3. The summed E-state index contributed by atoms with van der Waals surface area (Å²) >= 11 is 9.46. The molecule has 5 N–H and O–H groups in total. The molecule has 5 aromatic rings. The van der Waals surface area contributed by atoms with Crippen molar-refractivity contribution in [1.29, 1.82) is 0 Å². The van der Waals surface area contributed by atoms with Crippen LogP contribution in [-0.4, -0.2) is 137 Å². The fourth-order valence-corrected chi connectivity index (χ4v) is 11.6. The molecule has 19 nitrogen and oxygen atoms in total. The normalized spacial score (nSPS) is 16.4. The summed E-state index contributed by atoms with van der Waals surface area (Å²) in [7, 11) is 0. The van der Waals surface area contributed by atoms with Crippen molar-refractivity contribution in [3.05, 3.63) is 104 Å². The van der Waals surface area contributed by atoms with Crippen LogP contribution in [0.4, 0.5) is 0 Å². The third-order valence-corrected chi connectivity index (χ3v) is 16.3. The summed E-state index contributed by atoms with van der Waals surface area (Å²) in [5, 5.41) is 19.2. The minimum atomic E-state index is -1.03. The zero-order valence-corrected chi connectivity index (χ0v) is 48.8. The SMILES string of the molecule is Cc1ncsc1-c1ccc(CNC(=O)[C@@H]2C[C@@H](OC(=O)CCCCCCCN)CN2C(=O)[C@@H](NC(=O)COCCOCCOCCNC(=O)C[C@@H]2N=C(c3ccc(Cl)cc3)c3c(sc(C)c3C)-n3c(C)nnc32)C(C)(C)C)cc1. The second kappa shape index (κ2) is 29.0. The van der Waals surface area contributed by atoms with Crippen LogP contribution in [-0.2, 0) is 49.5 Å². The van der Waals surface area contributed by atoms with Crippen molar-refractivity contribution in [3.63, 3.8) is 0 Å². The van der Waals surface area contributed by atoms with Gasteiger partial charge in [0.15, 0.2) is 5.82 Å². The number of thiophene rings is 1. The van der Waals surface area contributed by atoms with Crippen molar-refractivity contribution in [2.24, 2.45) is 16.1 Å². The summed E-state index contributed by atoms with van der Waals surface area (Å²) < 4.78 is 24.9. The van der Waals surface area contributed by atoms with Crippen LogP contribution in [0.3, 0.4) is 0 Å². The molecule has 4 atom stereocenters. The highest BCUT2D eigenvalue weighted by atomic mass is 35.5. The number of rotatable bonds is 28.